The van der Waals surface area contributed by atoms with Crippen LogP contribution in [0, 0.1) is 0 Å². The highest BCUT2D eigenvalue weighted by atomic mass is 35.5. The van der Waals surface area contributed by atoms with Gasteiger partial charge in [-0.1, -0.05) is 11.6 Å². The molecular formula is C7H7ClOS. The third kappa shape index (κ3) is 1.58. The highest BCUT2D eigenvalue weighted by Crippen LogP contribution is 2.24. The lowest BCUT2D eigenvalue weighted by Crippen LogP contribution is -1.81. The van der Waals surface area contributed by atoms with Crippen LogP contribution >= 0.6 is 24.2 Å². The van der Waals surface area contributed by atoms with Gasteiger partial charge in [-0.2, -0.15) is 0 Å². The van der Waals surface area contributed by atoms with Gasteiger partial charge in [0.1, 0.15) is 5.75 Å². The zero-order valence-electron chi connectivity index (χ0n) is 5.47. The van der Waals surface area contributed by atoms with Gasteiger partial charge in [0.2, 0.25) is 0 Å². The molecule has 0 aliphatic rings. The molecule has 54 valence electrons. The first kappa shape index (κ1) is 7.76. The topological polar surface area (TPSA) is 9.23 Å². The van der Waals surface area contributed by atoms with E-state index in [1.165, 1.54) is 0 Å². The first-order chi connectivity index (χ1) is 4.74. The molecule has 0 amide bonds. The molecule has 0 spiro atoms. The molecule has 0 fully saturated rings. The van der Waals surface area contributed by atoms with Gasteiger partial charge in [0.25, 0.3) is 0 Å². The quantitative estimate of drug-likeness (QED) is 0.644. The SMILES string of the molecule is COc1ccc(S)c(Cl)c1. The number of ether oxygens (including phenoxy) is 1. The fraction of sp³-hybridized carbons (Fsp3) is 0.143. The Morgan fingerprint density at radius 1 is 1.50 bits per heavy atom. The van der Waals surface area contributed by atoms with E-state index in [0.29, 0.717) is 5.02 Å². The van der Waals surface area contributed by atoms with E-state index in [4.69, 9.17) is 16.3 Å². The average molecular weight is 175 g/mol. The molecule has 0 radical (unpaired) electrons. The number of rotatable bonds is 1. The molecule has 10 heavy (non-hydrogen) atoms. The molecule has 0 atom stereocenters. The molecule has 0 saturated carbocycles. The molecular weight excluding hydrogens is 168 g/mol. The second-order valence-electron chi connectivity index (χ2n) is 1.82. The molecule has 0 saturated heterocycles. The molecule has 0 aliphatic carbocycles. The summed E-state index contributed by atoms with van der Waals surface area (Å²) in [5.74, 6) is 0.753. The van der Waals surface area contributed by atoms with Crippen molar-refractivity contribution < 1.29 is 4.74 Å². The Hall–Kier alpha value is -0.340. The zero-order valence-corrected chi connectivity index (χ0v) is 7.12. The van der Waals surface area contributed by atoms with Crippen LogP contribution in [0.15, 0.2) is 23.1 Å². The molecule has 0 unspecified atom stereocenters. The van der Waals surface area contributed by atoms with Crippen molar-refractivity contribution in [2.45, 2.75) is 4.90 Å². The molecule has 1 aromatic carbocycles. The maximum absolute atomic E-state index is 5.74. The minimum absolute atomic E-state index is 0.614. The fourth-order valence-corrected chi connectivity index (χ4v) is 0.924. The molecule has 1 nitrogen and oxygen atoms in total. The molecule has 0 bridgehead atoms. The van der Waals surface area contributed by atoms with Crippen LogP contribution in [0.5, 0.6) is 5.75 Å². The van der Waals surface area contributed by atoms with Crippen molar-refractivity contribution in [2.24, 2.45) is 0 Å². The van der Waals surface area contributed by atoms with E-state index in [9.17, 15) is 0 Å². The Bertz CT molecular complexity index is 237. The molecule has 0 N–H and O–H groups in total. The van der Waals surface area contributed by atoms with Gasteiger partial charge in [-0.25, -0.2) is 0 Å². The van der Waals surface area contributed by atoms with Crippen LogP contribution in [0.3, 0.4) is 0 Å². The molecule has 0 aromatic heterocycles. The van der Waals surface area contributed by atoms with E-state index in [2.05, 4.69) is 12.6 Å². The van der Waals surface area contributed by atoms with Gasteiger partial charge in [0.15, 0.2) is 0 Å². The maximum Gasteiger partial charge on any atom is 0.120 e. The largest absolute Gasteiger partial charge is 0.497 e. The third-order valence-electron chi connectivity index (χ3n) is 1.15. The lowest BCUT2D eigenvalue weighted by molar-refractivity contribution is 0.414. The van der Waals surface area contributed by atoms with Crippen molar-refractivity contribution in [3.8, 4) is 5.75 Å². The number of thiol groups is 1. The van der Waals surface area contributed by atoms with Crippen LogP contribution in [0.2, 0.25) is 5.02 Å². The predicted octanol–water partition coefficient (Wildman–Crippen LogP) is 2.64. The Kier molecular flexibility index (Phi) is 2.46. The number of methoxy groups -OCH3 is 1. The van der Waals surface area contributed by atoms with Crippen LogP contribution in [-0.4, -0.2) is 7.11 Å². The van der Waals surface area contributed by atoms with Crippen molar-refractivity contribution >= 4 is 24.2 Å². The number of hydrogen-bond acceptors (Lipinski definition) is 2. The molecule has 0 aliphatic heterocycles. The zero-order chi connectivity index (χ0) is 7.56. The summed E-state index contributed by atoms with van der Waals surface area (Å²) >= 11 is 9.83. The van der Waals surface area contributed by atoms with Crippen LogP contribution in [0.25, 0.3) is 0 Å². The molecule has 1 aromatic rings. The van der Waals surface area contributed by atoms with Gasteiger partial charge in [-0.3, -0.25) is 0 Å². The fourth-order valence-electron chi connectivity index (χ4n) is 0.615. The second kappa shape index (κ2) is 3.17. The summed E-state index contributed by atoms with van der Waals surface area (Å²) in [5.41, 5.74) is 0. The van der Waals surface area contributed by atoms with Gasteiger partial charge < -0.3 is 4.74 Å². The van der Waals surface area contributed by atoms with E-state index >= 15 is 0 Å². The lowest BCUT2D eigenvalue weighted by atomic mass is 10.3. The van der Waals surface area contributed by atoms with Crippen molar-refractivity contribution in [2.75, 3.05) is 7.11 Å². The van der Waals surface area contributed by atoms with E-state index in [1.807, 2.05) is 6.07 Å². The first-order valence-electron chi connectivity index (χ1n) is 2.76. The van der Waals surface area contributed by atoms with Gasteiger partial charge >= 0.3 is 0 Å². The summed E-state index contributed by atoms with van der Waals surface area (Å²) in [5, 5.41) is 0.614. The van der Waals surface area contributed by atoms with Crippen molar-refractivity contribution in [3.05, 3.63) is 23.2 Å². The minimum Gasteiger partial charge on any atom is -0.497 e. The Labute approximate surface area is 70.4 Å². The standard InChI is InChI=1S/C7H7ClOS/c1-9-5-2-3-7(10)6(8)4-5/h2-4,10H,1H3. The maximum atomic E-state index is 5.74. The van der Waals surface area contributed by atoms with Crippen molar-refractivity contribution in [1.82, 2.24) is 0 Å². The highest BCUT2D eigenvalue weighted by Gasteiger charge is 1.96. The number of halogens is 1. The van der Waals surface area contributed by atoms with Crippen molar-refractivity contribution in [1.29, 1.82) is 0 Å². The Morgan fingerprint density at radius 2 is 2.20 bits per heavy atom. The summed E-state index contributed by atoms with van der Waals surface area (Å²) in [6.07, 6.45) is 0. The van der Waals surface area contributed by atoms with Crippen LogP contribution in [0.4, 0.5) is 0 Å². The first-order valence-corrected chi connectivity index (χ1v) is 3.59. The van der Waals surface area contributed by atoms with Gasteiger partial charge in [-0.15, -0.1) is 12.6 Å². The second-order valence-corrected chi connectivity index (χ2v) is 2.71. The van der Waals surface area contributed by atoms with Crippen molar-refractivity contribution in [3.63, 3.8) is 0 Å². The normalized spacial score (nSPS) is 9.50. The smallest absolute Gasteiger partial charge is 0.120 e. The number of benzene rings is 1. The highest BCUT2D eigenvalue weighted by molar-refractivity contribution is 7.80. The van der Waals surface area contributed by atoms with E-state index in [1.54, 1.807) is 19.2 Å². The van der Waals surface area contributed by atoms with E-state index in [-0.39, 0.29) is 0 Å². The van der Waals surface area contributed by atoms with E-state index in [0.717, 1.165) is 10.6 Å². The summed E-state index contributed by atoms with van der Waals surface area (Å²) < 4.78 is 4.93. The lowest BCUT2D eigenvalue weighted by Gasteiger charge is -2.00. The Balaban J connectivity index is 3.04. The molecule has 1 rings (SSSR count). The summed E-state index contributed by atoms with van der Waals surface area (Å²) in [4.78, 5) is 0.766. The van der Waals surface area contributed by atoms with Gasteiger partial charge in [-0.05, 0) is 18.2 Å². The van der Waals surface area contributed by atoms with E-state index < -0.39 is 0 Å². The average Bonchev–Trinajstić information content (AvgIpc) is 1.95. The summed E-state index contributed by atoms with van der Waals surface area (Å²) in [7, 11) is 1.60. The van der Waals surface area contributed by atoms with Gasteiger partial charge in [0, 0.05) is 4.90 Å². The molecule has 3 heteroatoms. The predicted molar refractivity (Wildman–Crippen MR) is 45.3 cm³/mol. The summed E-state index contributed by atoms with van der Waals surface area (Å²) in [6.45, 7) is 0. The van der Waals surface area contributed by atoms with Crippen LogP contribution in [-0.2, 0) is 0 Å². The van der Waals surface area contributed by atoms with Crippen LogP contribution in [0.1, 0.15) is 0 Å². The van der Waals surface area contributed by atoms with Gasteiger partial charge in [0.05, 0.1) is 12.1 Å². The monoisotopic (exact) mass is 174 g/mol. The molecule has 0 heterocycles. The Morgan fingerprint density at radius 3 is 2.70 bits per heavy atom. The minimum atomic E-state index is 0.614. The number of hydrogen-bond donors (Lipinski definition) is 1. The third-order valence-corrected chi connectivity index (χ3v) is 1.99. The summed E-state index contributed by atoms with van der Waals surface area (Å²) in [6, 6.07) is 5.34. The van der Waals surface area contributed by atoms with Crippen LogP contribution < -0.4 is 4.74 Å².